The molecule has 0 atom stereocenters. The molecule has 0 radical (unpaired) electrons. The first kappa shape index (κ1) is 22.3. The molecule has 0 bridgehead atoms. The van der Waals surface area contributed by atoms with Crippen molar-refractivity contribution in [3.63, 3.8) is 0 Å². The quantitative estimate of drug-likeness (QED) is 0.460. The minimum absolute atomic E-state index is 0.0556. The predicted octanol–water partition coefficient (Wildman–Crippen LogP) is 0.448. The molecule has 0 saturated carbocycles. The van der Waals surface area contributed by atoms with Crippen LogP contribution in [0.4, 0.5) is 8.78 Å². The molecule has 30 heavy (non-hydrogen) atoms. The number of hydrogen-bond donors (Lipinski definition) is 3. The van der Waals surface area contributed by atoms with Gasteiger partial charge in [-0.2, -0.15) is 10.2 Å². The number of halogens is 2. The van der Waals surface area contributed by atoms with Gasteiger partial charge in [-0.1, -0.05) is 6.07 Å². The van der Waals surface area contributed by atoms with E-state index in [2.05, 4.69) is 20.2 Å². The Balaban J connectivity index is 0.000000343. The molecular weight excluding hydrogens is 406 g/mol. The maximum atomic E-state index is 14.1. The van der Waals surface area contributed by atoms with E-state index in [1.165, 1.54) is 40.7 Å². The van der Waals surface area contributed by atoms with Gasteiger partial charge < -0.3 is 15.3 Å². The zero-order valence-electron chi connectivity index (χ0n) is 15.2. The number of benzene rings is 1. The average molecular weight is 422 g/mol. The molecule has 3 N–H and O–H groups in total. The monoisotopic (exact) mass is 422 g/mol. The summed E-state index contributed by atoms with van der Waals surface area (Å²) in [6.07, 6.45) is 6.51. The van der Waals surface area contributed by atoms with Crippen molar-refractivity contribution in [1.82, 2.24) is 29.5 Å². The van der Waals surface area contributed by atoms with Crippen LogP contribution in [0.3, 0.4) is 0 Å². The molecule has 0 fully saturated rings. The van der Waals surface area contributed by atoms with Gasteiger partial charge >= 0.3 is 11.9 Å². The van der Waals surface area contributed by atoms with Crippen LogP contribution in [0.2, 0.25) is 0 Å². The highest BCUT2D eigenvalue weighted by atomic mass is 19.1. The lowest BCUT2D eigenvalue weighted by Gasteiger charge is -2.28. The smallest absolute Gasteiger partial charge is 0.328 e. The van der Waals surface area contributed by atoms with Crippen molar-refractivity contribution in [2.45, 2.75) is 18.7 Å². The summed E-state index contributed by atoms with van der Waals surface area (Å²) in [6, 6.07) is 3.02. The van der Waals surface area contributed by atoms with E-state index in [4.69, 9.17) is 10.2 Å². The van der Waals surface area contributed by atoms with Crippen molar-refractivity contribution in [2.24, 2.45) is 0 Å². The number of nitrogens with zero attached hydrogens (tertiary/aromatic N) is 6. The predicted molar refractivity (Wildman–Crippen MR) is 94.7 cm³/mol. The standard InChI is InChI=1S/C13H12F2N6O.C4H4O4/c14-10-1-2-11(12(15)3-10)13(22,4-20-8-16-6-18-20)5-21-9-17-7-19-21;5-3(6)1-2-4(7)8/h1-3,6-9,22H,4-5H2;1-2H,(H,5,6)(H,7,8)/b;2-1-. The molecule has 11 nitrogen and oxygen atoms in total. The largest absolute Gasteiger partial charge is 0.478 e. The first-order valence-electron chi connectivity index (χ1n) is 8.16. The Morgan fingerprint density at radius 1 is 0.967 bits per heavy atom. The zero-order valence-corrected chi connectivity index (χ0v) is 15.2. The molecular formula is C17H16F2N6O5. The van der Waals surface area contributed by atoms with E-state index in [-0.39, 0.29) is 18.7 Å². The van der Waals surface area contributed by atoms with Crippen molar-refractivity contribution >= 4 is 11.9 Å². The molecule has 0 spiro atoms. The second-order valence-electron chi connectivity index (χ2n) is 5.85. The van der Waals surface area contributed by atoms with Crippen LogP contribution in [-0.4, -0.2) is 56.8 Å². The summed E-state index contributed by atoms with van der Waals surface area (Å²) in [6.45, 7) is -0.148. The third-order valence-electron chi connectivity index (χ3n) is 3.58. The van der Waals surface area contributed by atoms with E-state index in [0.29, 0.717) is 12.2 Å². The molecule has 3 aromatic rings. The van der Waals surface area contributed by atoms with E-state index in [1.54, 1.807) is 0 Å². The molecule has 158 valence electrons. The maximum absolute atomic E-state index is 14.1. The highest BCUT2D eigenvalue weighted by Gasteiger charge is 2.34. The Hall–Kier alpha value is -4.00. The van der Waals surface area contributed by atoms with Gasteiger partial charge in [0.2, 0.25) is 0 Å². The van der Waals surface area contributed by atoms with Gasteiger partial charge in [-0.3, -0.25) is 0 Å². The van der Waals surface area contributed by atoms with E-state index < -0.39 is 29.2 Å². The summed E-state index contributed by atoms with van der Waals surface area (Å²) in [5, 5.41) is 34.4. The highest BCUT2D eigenvalue weighted by Crippen LogP contribution is 2.28. The van der Waals surface area contributed by atoms with Crippen molar-refractivity contribution in [2.75, 3.05) is 0 Å². The topological polar surface area (TPSA) is 156 Å². The van der Waals surface area contributed by atoms with Gasteiger partial charge in [0.05, 0.1) is 13.1 Å². The van der Waals surface area contributed by atoms with Gasteiger partial charge in [-0.25, -0.2) is 37.7 Å². The fourth-order valence-electron chi connectivity index (χ4n) is 2.39. The van der Waals surface area contributed by atoms with Crippen LogP contribution in [0.25, 0.3) is 0 Å². The van der Waals surface area contributed by atoms with Gasteiger partial charge in [-0.05, 0) is 6.07 Å². The summed E-state index contributed by atoms with van der Waals surface area (Å²) in [5.41, 5.74) is -1.75. The molecule has 0 saturated heterocycles. The second kappa shape index (κ2) is 9.97. The van der Waals surface area contributed by atoms with Gasteiger partial charge in [0.1, 0.15) is 42.5 Å². The SMILES string of the molecule is O=C(O)/C=C\C(=O)O.OC(Cn1cncn1)(Cn1cncn1)c1ccc(F)cc1F. The highest BCUT2D eigenvalue weighted by molar-refractivity contribution is 5.89. The summed E-state index contributed by atoms with van der Waals surface area (Å²) in [7, 11) is 0. The van der Waals surface area contributed by atoms with Crippen LogP contribution in [0.1, 0.15) is 5.56 Å². The third kappa shape index (κ3) is 6.56. The number of carboxylic acids is 2. The van der Waals surface area contributed by atoms with Gasteiger partial charge in [0, 0.05) is 23.8 Å². The van der Waals surface area contributed by atoms with Crippen molar-refractivity contribution in [3.8, 4) is 0 Å². The number of aliphatic carboxylic acids is 2. The first-order chi connectivity index (χ1) is 14.2. The van der Waals surface area contributed by atoms with Crippen LogP contribution in [0, 0.1) is 11.6 Å². The maximum Gasteiger partial charge on any atom is 0.328 e. The number of rotatable bonds is 7. The first-order valence-corrected chi connectivity index (χ1v) is 8.16. The molecule has 1 aromatic carbocycles. The number of carbonyl (C=O) groups is 2. The van der Waals surface area contributed by atoms with E-state index in [9.17, 15) is 23.5 Å². The molecule has 13 heteroatoms. The van der Waals surface area contributed by atoms with E-state index in [1.807, 2.05) is 0 Å². The van der Waals surface area contributed by atoms with Crippen LogP contribution >= 0.6 is 0 Å². The Morgan fingerprint density at radius 2 is 1.47 bits per heavy atom. The third-order valence-corrected chi connectivity index (χ3v) is 3.58. The lowest BCUT2D eigenvalue weighted by Crippen LogP contribution is -2.37. The molecule has 0 aliphatic heterocycles. The minimum Gasteiger partial charge on any atom is -0.478 e. The molecule has 0 amide bonds. The van der Waals surface area contributed by atoms with Crippen LogP contribution in [0.5, 0.6) is 0 Å². The molecule has 0 unspecified atom stereocenters. The Morgan fingerprint density at radius 3 is 1.83 bits per heavy atom. The summed E-state index contributed by atoms with van der Waals surface area (Å²) < 4.78 is 29.9. The fourth-order valence-corrected chi connectivity index (χ4v) is 2.39. The number of hydrogen-bond acceptors (Lipinski definition) is 7. The van der Waals surface area contributed by atoms with Crippen LogP contribution in [0.15, 0.2) is 55.7 Å². The summed E-state index contributed by atoms with van der Waals surface area (Å²) >= 11 is 0. The second-order valence-corrected chi connectivity index (χ2v) is 5.85. The Kier molecular flexibility index (Phi) is 7.41. The van der Waals surface area contributed by atoms with Gasteiger partial charge in [0.15, 0.2) is 0 Å². The molecule has 0 aliphatic rings. The molecule has 0 aliphatic carbocycles. The number of carboxylic acid groups (broad SMARTS) is 2. The molecule has 3 rings (SSSR count). The summed E-state index contributed by atoms with van der Waals surface area (Å²) in [4.78, 5) is 26.7. The number of aliphatic hydroxyl groups is 1. The Bertz CT molecular complexity index is 956. The van der Waals surface area contributed by atoms with Crippen LogP contribution < -0.4 is 0 Å². The lowest BCUT2D eigenvalue weighted by molar-refractivity contribution is -0.134. The Labute approximate surface area is 167 Å². The average Bonchev–Trinajstić information content (AvgIpc) is 3.34. The fraction of sp³-hybridized carbons (Fsp3) is 0.176. The number of aromatic nitrogens is 6. The molecule has 2 heterocycles. The normalized spacial score (nSPS) is 11.2. The van der Waals surface area contributed by atoms with Gasteiger partial charge in [-0.15, -0.1) is 0 Å². The van der Waals surface area contributed by atoms with Crippen molar-refractivity contribution in [1.29, 1.82) is 0 Å². The van der Waals surface area contributed by atoms with Crippen molar-refractivity contribution in [3.05, 3.63) is 72.9 Å². The van der Waals surface area contributed by atoms with Crippen molar-refractivity contribution < 1.29 is 33.7 Å². The van der Waals surface area contributed by atoms with Gasteiger partial charge in [0.25, 0.3) is 0 Å². The lowest BCUT2D eigenvalue weighted by atomic mass is 9.93. The molecule has 2 aromatic heterocycles. The van der Waals surface area contributed by atoms with E-state index in [0.717, 1.165) is 12.1 Å². The summed E-state index contributed by atoms with van der Waals surface area (Å²) in [5.74, 6) is -4.08. The van der Waals surface area contributed by atoms with E-state index >= 15 is 0 Å². The minimum atomic E-state index is -1.70. The van der Waals surface area contributed by atoms with Crippen LogP contribution in [-0.2, 0) is 28.3 Å². The zero-order chi connectivity index (χ0) is 22.1.